The van der Waals surface area contributed by atoms with Crippen molar-refractivity contribution in [2.45, 2.75) is 26.5 Å². The van der Waals surface area contributed by atoms with Gasteiger partial charge < -0.3 is 10.1 Å². The minimum absolute atomic E-state index is 0.286. The molecule has 1 rings (SSSR count). The average Bonchev–Trinajstić information content (AvgIpc) is 2.28. The molecule has 0 saturated heterocycles. The lowest BCUT2D eigenvalue weighted by atomic mass is 10.3. The minimum atomic E-state index is -0.801. The number of amides is 1. The third-order valence-electron chi connectivity index (χ3n) is 1.96. The molecule has 0 bridgehead atoms. The van der Waals surface area contributed by atoms with Crippen molar-refractivity contribution < 1.29 is 19.1 Å². The largest absolute Gasteiger partial charge is 0.442 e. The highest BCUT2D eigenvalue weighted by Crippen LogP contribution is 1.98. The predicted molar refractivity (Wildman–Crippen MR) is 62.6 cm³/mol. The zero-order valence-corrected chi connectivity index (χ0v) is 10.2. The standard InChI is InChI=1S/C12H14N2O4/c1-8(15)6-11(16)18-9(2)14-12(17)10-4-3-5-13-7-10/h3-5,7,9H,6H2,1-2H3,(H,14,17). The van der Waals surface area contributed by atoms with Gasteiger partial charge in [-0.1, -0.05) is 0 Å². The second-order valence-corrected chi connectivity index (χ2v) is 3.73. The number of ether oxygens (including phenoxy) is 1. The van der Waals surface area contributed by atoms with Crippen LogP contribution in [0.25, 0.3) is 0 Å². The smallest absolute Gasteiger partial charge is 0.315 e. The molecule has 1 N–H and O–H groups in total. The summed E-state index contributed by atoms with van der Waals surface area (Å²) in [4.78, 5) is 37.3. The van der Waals surface area contributed by atoms with Crippen molar-refractivity contribution in [3.05, 3.63) is 30.1 Å². The van der Waals surface area contributed by atoms with Gasteiger partial charge >= 0.3 is 5.97 Å². The molecule has 1 atom stereocenters. The SMILES string of the molecule is CC(=O)CC(=O)OC(C)NC(=O)c1cccnc1. The molecule has 0 aliphatic heterocycles. The number of rotatable bonds is 5. The van der Waals surface area contributed by atoms with Gasteiger partial charge in [0.15, 0.2) is 6.23 Å². The Balaban J connectivity index is 2.45. The Labute approximate surface area is 104 Å². The molecule has 1 heterocycles. The van der Waals surface area contributed by atoms with E-state index in [2.05, 4.69) is 10.3 Å². The Bertz CT molecular complexity index is 445. The maximum Gasteiger partial charge on any atom is 0.315 e. The van der Waals surface area contributed by atoms with Crippen LogP contribution in [0.2, 0.25) is 0 Å². The molecule has 0 aromatic carbocycles. The number of hydrogen-bond acceptors (Lipinski definition) is 5. The molecule has 0 aliphatic carbocycles. The number of hydrogen-bond donors (Lipinski definition) is 1. The van der Waals surface area contributed by atoms with Gasteiger partial charge in [0.1, 0.15) is 12.2 Å². The first-order chi connectivity index (χ1) is 8.49. The molecule has 1 unspecified atom stereocenters. The lowest BCUT2D eigenvalue weighted by Crippen LogP contribution is -2.36. The molecule has 1 aromatic rings. The second kappa shape index (κ2) is 6.48. The molecular formula is C12H14N2O4. The maximum absolute atomic E-state index is 11.6. The highest BCUT2D eigenvalue weighted by molar-refractivity contribution is 5.95. The number of pyridine rings is 1. The molecule has 1 amide bonds. The van der Waals surface area contributed by atoms with Crippen LogP contribution in [-0.2, 0) is 14.3 Å². The molecule has 96 valence electrons. The molecule has 0 radical (unpaired) electrons. The van der Waals surface area contributed by atoms with Crippen LogP contribution in [0.3, 0.4) is 0 Å². The van der Waals surface area contributed by atoms with Crippen molar-refractivity contribution in [1.29, 1.82) is 0 Å². The van der Waals surface area contributed by atoms with E-state index in [9.17, 15) is 14.4 Å². The van der Waals surface area contributed by atoms with Gasteiger partial charge in [-0.05, 0) is 26.0 Å². The highest BCUT2D eigenvalue weighted by Gasteiger charge is 2.14. The van der Waals surface area contributed by atoms with Gasteiger partial charge in [0.2, 0.25) is 0 Å². The van der Waals surface area contributed by atoms with Crippen molar-refractivity contribution >= 4 is 17.7 Å². The summed E-state index contributed by atoms with van der Waals surface area (Å²) in [6.45, 7) is 2.80. The van der Waals surface area contributed by atoms with Crippen molar-refractivity contribution in [3.63, 3.8) is 0 Å². The number of nitrogens with one attached hydrogen (secondary N) is 1. The number of carbonyl (C=O) groups is 3. The van der Waals surface area contributed by atoms with E-state index in [1.54, 1.807) is 18.3 Å². The molecular weight excluding hydrogens is 236 g/mol. The summed E-state index contributed by atoms with van der Waals surface area (Å²) in [6, 6.07) is 3.22. The van der Waals surface area contributed by atoms with Crippen LogP contribution in [-0.4, -0.2) is 28.9 Å². The van der Waals surface area contributed by atoms with Crippen LogP contribution in [0, 0.1) is 0 Å². The van der Waals surface area contributed by atoms with Crippen LogP contribution in [0.4, 0.5) is 0 Å². The predicted octanol–water partition coefficient (Wildman–Crippen LogP) is 0.680. The molecule has 0 saturated carbocycles. The average molecular weight is 250 g/mol. The monoisotopic (exact) mass is 250 g/mol. The van der Waals surface area contributed by atoms with Gasteiger partial charge in [0.25, 0.3) is 5.91 Å². The third-order valence-corrected chi connectivity index (χ3v) is 1.96. The number of ketones is 1. The summed E-state index contributed by atoms with van der Waals surface area (Å²) in [5.74, 6) is -1.35. The van der Waals surface area contributed by atoms with E-state index in [0.29, 0.717) is 5.56 Å². The first kappa shape index (κ1) is 13.8. The van der Waals surface area contributed by atoms with Gasteiger partial charge in [-0.2, -0.15) is 0 Å². The Morgan fingerprint density at radius 1 is 1.44 bits per heavy atom. The molecule has 0 aliphatic rings. The summed E-state index contributed by atoms with van der Waals surface area (Å²) in [5, 5.41) is 2.47. The highest BCUT2D eigenvalue weighted by atomic mass is 16.6. The minimum Gasteiger partial charge on any atom is -0.442 e. The van der Waals surface area contributed by atoms with Crippen LogP contribution in [0.15, 0.2) is 24.5 Å². The summed E-state index contributed by atoms with van der Waals surface area (Å²) in [7, 11) is 0. The van der Waals surface area contributed by atoms with Crippen LogP contribution in [0.5, 0.6) is 0 Å². The molecule has 0 spiro atoms. The Morgan fingerprint density at radius 3 is 2.72 bits per heavy atom. The number of esters is 1. The van der Waals surface area contributed by atoms with E-state index in [-0.39, 0.29) is 12.2 Å². The Kier molecular flexibility index (Phi) is 4.98. The molecule has 18 heavy (non-hydrogen) atoms. The maximum atomic E-state index is 11.6. The Morgan fingerprint density at radius 2 is 2.17 bits per heavy atom. The first-order valence-electron chi connectivity index (χ1n) is 5.39. The summed E-state index contributed by atoms with van der Waals surface area (Å²) in [5.41, 5.74) is 0.368. The van der Waals surface area contributed by atoms with E-state index >= 15 is 0 Å². The number of Topliss-reactive ketones (excluding diaryl/α,β-unsaturated/α-hetero) is 1. The van der Waals surface area contributed by atoms with E-state index in [4.69, 9.17) is 4.74 Å². The van der Waals surface area contributed by atoms with Gasteiger partial charge in [-0.15, -0.1) is 0 Å². The summed E-state index contributed by atoms with van der Waals surface area (Å²) >= 11 is 0. The number of aromatic nitrogens is 1. The molecule has 1 aromatic heterocycles. The fourth-order valence-corrected chi connectivity index (χ4v) is 1.24. The zero-order valence-electron chi connectivity index (χ0n) is 10.2. The quantitative estimate of drug-likeness (QED) is 0.472. The topological polar surface area (TPSA) is 85.4 Å². The molecule has 6 heteroatoms. The van der Waals surface area contributed by atoms with E-state index in [1.165, 1.54) is 20.0 Å². The lowest BCUT2D eigenvalue weighted by Gasteiger charge is -2.14. The van der Waals surface area contributed by atoms with Crippen molar-refractivity contribution in [2.24, 2.45) is 0 Å². The molecule has 6 nitrogen and oxygen atoms in total. The van der Waals surface area contributed by atoms with Gasteiger partial charge in [0, 0.05) is 12.4 Å². The van der Waals surface area contributed by atoms with Crippen LogP contribution in [0.1, 0.15) is 30.6 Å². The second-order valence-electron chi connectivity index (χ2n) is 3.73. The summed E-state index contributed by atoms with van der Waals surface area (Å²) in [6.07, 6.45) is 1.85. The fraction of sp³-hybridized carbons (Fsp3) is 0.333. The summed E-state index contributed by atoms with van der Waals surface area (Å²) < 4.78 is 4.84. The Hall–Kier alpha value is -2.24. The van der Waals surface area contributed by atoms with E-state index in [0.717, 1.165) is 0 Å². The normalized spacial score (nSPS) is 11.4. The number of nitrogens with zero attached hydrogens (tertiary/aromatic N) is 1. The van der Waals surface area contributed by atoms with Crippen molar-refractivity contribution in [2.75, 3.05) is 0 Å². The third kappa shape index (κ3) is 4.73. The van der Waals surface area contributed by atoms with Crippen LogP contribution >= 0.6 is 0 Å². The molecule has 0 fully saturated rings. The van der Waals surface area contributed by atoms with Crippen molar-refractivity contribution in [3.8, 4) is 0 Å². The zero-order chi connectivity index (χ0) is 13.5. The number of carbonyl (C=O) groups excluding carboxylic acids is 3. The first-order valence-corrected chi connectivity index (χ1v) is 5.39. The fourth-order valence-electron chi connectivity index (χ4n) is 1.24. The lowest BCUT2D eigenvalue weighted by molar-refractivity contribution is -0.150. The van der Waals surface area contributed by atoms with Crippen molar-refractivity contribution in [1.82, 2.24) is 10.3 Å². The van der Waals surface area contributed by atoms with Gasteiger partial charge in [-0.25, -0.2) is 0 Å². The van der Waals surface area contributed by atoms with Gasteiger partial charge in [-0.3, -0.25) is 19.4 Å². The van der Waals surface area contributed by atoms with Crippen LogP contribution < -0.4 is 5.32 Å². The van der Waals surface area contributed by atoms with E-state index in [1.807, 2.05) is 0 Å². The van der Waals surface area contributed by atoms with Gasteiger partial charge in [0.05, 0.1) is 5.56 Å². The van der Waals surface area contributed by atoms with E-state index < -0.39 is 18.1 Å².